The molecule has 0 bridgehead atoms. The summed E-state index contributed by atoms with van der Waals surface area (Å²) in [5, 5.41) is 0. The molecule has 0 saturated heterocycles. The van der Waals surface area contributed by atoms with Gasteiger partial charge in [0.1, 0.15) is 0 Å². The van der Waals surface area contributed by atoms with Crippen LogP contribution in [0, 0.1) is 0 Å². The van der Waals surface area contributed by atoms with E-state index >= 15 is 0 Å². The van der Waals surface area contributed by atoms with Crippen molar-refractivity contribution in [2.75, 3.05) is 14.2 Å². The second-order valence-corrected chi connectivity index (χ2v) is 4.44. The topological polar surface area (TPSA) is 105 Å². The summed E-state index contributed by atoms with van der Waals surface area (Å²) in [6.07, 6.45) is 0.179. The predicted octanol–water partition coefficient (Wildman–Crippen LogP) is 0.812. The lowest BCUT2D eigenvalue weighted by Gasteiger charge is -2.15. The summed E-state index contributed by atoms with van der Waals surface area (Å²) in [5.41, 5.74) is 13.4. The number of benzene rings is 1. The molecular formula is C14H20N2O4. The zero-order valence-corrected chi connectivity index (χ0v) is 11.7. The Morgan fingerprint density at radius 3 is 1.75 bits per heavy atom. The summed E-state index contributed by atoms with van der Waals surface area (Å²) in [5.74, 6) is -0.747. The lowest BCUT2D eigenvalue weighted by Crippen LogP contribution is -2.19. The Morgan fingerprint density at radius 1 is 1.00 bits per heavy atom. The molecule has 0 aliphatic carbocycles. The molecule has 1 aromatic carbocycles. The van der Waals surface area contributed by atoms with E-state index < -0.39 is 12.1 Å². The maximum atomic E-state index is 11.2. The molecule has 4 N–H and O–H groups in total. The molecule has 6 nitrogen and oxygen atoms in total. The van der Waals surface area contributed by atoms with Crippen molar-refractivity contribution in [3.05, 3.63) is 35.4 Å². The van der Waals surface area contributed by atoms with E-state index in [-0.39, 0.29) is 24.8 Å². The first-order valence-electron chi connectivity index (χ1n) is 6.22. The molecule has 6 heteroatoms. The summed E-state index contributed by atoms with van der Waals surface area (Å²) >= 11 is 0. The highest BCUT2D eigenvalue weighted by atomic mass is 16.5. The third kappa shape index (κ3) is 4.64. The minimum absolute atomic E-state index is 0.0895. The monoisotopic (exact) mass is 280 g/mol. The minimum Gasteiger partial charge on any atom is -0.469 e. The molecule has 0 unspecified atom stereocenters. The second-order valence-electron chi connectivity index (χ2n) is 4.44. The largest absolute Gasteiger partial charge is 0.469 e. The van der Waals surface area contributed by atoms with Gasteiger partial charge in [0, 0.05) is 12.1 Å². The third-order valence-corrected chi connectivity index (χ3v) is 3.00. The molecule has 0 heterocycles. The molecule has 0 radical (unpaired) electrons. The highest BCUT2D eigenvalue weighted by molar-refractivity contribution is 5.71. The summed E-state index contributed by atoms with van der Waals surface area (Å²) in [7, 11) is 2.63. The van der Waals surface area contributed by atoms with Gasteiger partial charge in [-0.2, -0.15) is 0 Å². The maximum Gasteiger partial charge on any atom is 0.307 e. The van der Waals surface area contributed by atoms with Crippen LogP contribution in [-0.2, 0) is 19.1 Å². The number of hydrogen-bond donors (Lipinski definition) is 2. The zero-order chi connectivity index (χ0) is 15.1. The van der Waals surface area contributed by atoms with Gasteiger partial charge in [0.2, 0.25) is 0 Å². The number of carbonyl (C=O) groups excluding carboxylic acids is 2. The van der Waals surface area contributed by atoms with Crippen molar-refractivity contribution in [3.8, 4) is 0 Å². The number of nitrogens with two attached hydrogens (primary N) is 2. The van der Waals surface area contributed by atoms with Gasteiger partial charge < -0.3 is 20.9 Å². The smallest absolute Gasteiger partial charge is 0.307 e. The molecule has 0 spiro atoms. The van der Waals surface area contributed by atoms with E-state index in [2.05, 4.69) is 9.47 Å². The Hall–Kier alpha value is -1.92. The summed E-state index contributed by atoms with van der Waals surface area (Å²) < 4.78 is 9.16. The van der Waals surface area contributed by atoms with Gasteiger partial charge in [0.25, 0.3) is 0 Å². The number of methoxy groups -OCH3 is 2. The van der Waals surface area contributed by atoms with Gasteiger partial charge in [-0.1, -0.05) is 24.3 Å². The van der Waals surface area contributed by atoms with Crippen molar-refractivity contribution in [2.24, 2.45) is 11.5 Å². The van der Waals surface area contributed by atoms with Crippen LogP contribution in [-0.4, -0.2) is 26.2 Å². The molecule has 0 aromatic heterocycles. The molecule has 0 aliphatic heterocycles. The van der Waals surface area contributed by atoms with Crippen LogP contribution < -0.4 is 11.5 Å². The van der Waals surface area contributed by atoms with Crippen molar-refractivity contribution in [3.63, 3.8) is 0 Å². The zero-order valence-electron chi connectivity index (χ0n) is 11.7. The summed E-state index contributed by atoms with van der Waals surface area (Å²) in [6.45, 7) is 0. The average molecular weight is 280 g/mol. The fourth-order valence-electron chi connectivity index (χ4n) is 1.78. The fraction of sp³-hybridized carbons (Fsp3) is 0.429. The van der Waals surface area contributed by atoms with Crippen LogP contribution in [0.1, 0.15) is 36.1 Å². The number of ether oxygens (including phenoxy) is 2. The van der Waals surface area contributed by atoms with Gasteiger partial charge in [0.05, 0.1) is 27.1 Å². The van der Waals surface area contributed by atoms with Gasteiger partial charge in [-0.15, -0.1) is 0 Å². The first kappa shape index (κ1) is 16.1. The van der Waals surface area contributed by atoms with Crippen LogP contribution in [0.4, 0.5) is 0 Å². The Morgan fingerprint density at radius 2 is 1.40 bits per heavy atom. The number of esters is 2. The fourth-order valence-corrected chi connectivity index (χ4v) is 1.78. The van der Waals surface area contributed by atoms with Gasteiger partial charge in [-0.25, -0.2) is 0 Å². The number of rotatable bonds is 6. The first-order valence-corrected chi connectivity index (χ1v) is 6.22. The van der Waals surface area contributed by atoms with E-state index in [0.717, 1.165) is 11.1 Å². The molecule has 0 saturated carbocycles. The van der Waals surface area contributed by atoms with Crippen LogP contribution in [0.3, 0.4) is 0 Å². The van der Waals surface area contributed by atoms with Crippen molar-refractivity contribution in [2.45, 2.75) is 24.9 Å². The minimum atomic E-state index is -0.465. The first-order chi connectivity index (χ1) is 9.47. The summed E-state index contributed by atoms with van der Waals surface area (Å²) in [4.78, 5) is 22.4. The highest BCUT2D eigenvalue weighted by Gasteiger charge is 2.15. The molecule has 0 aliphatic rings. The normalized spacial score (nSPS) is 13.4. The average Bonchev–Trinajstić information content (AvgIpc) is 2.46. The number of carbonyl (C=O) groups is 2. The lowest BCUT2D eigenvalue weighted by atomic mass is 9.98. The van der Waals surface area contributed by atoms with Crippen LogP contribution in [0.25, 0.3) is 0 Å². The summed E-state index contributed by atoms with van der Waals surface area (Å²) in [6, 6.07) is 6.27. The Bertz CT molecular complexity index is 437. The molecule has 1 aromatic rings. The van der Waals surface area contributed by atoms with Crippen molar-refractivity contribution < 1.29 is 19.1 Å². The molecule has 0 amide bonds. The van der Waals surface area contributed by atoms with E-state index in [1.54, 1.807) is 12.1 Å². The predicted molar refractivity (Wildman–Crippen MR) is 73.6 cm³/mol. The van der Waals surface area contributed by atoms with Gasteiger partial charge in [0.15, 0.2) is 0 Å². The van der Waals surface area contributed by atoms with Crippen LogP contribution in [0.5, 0.6) is 0 Å². The maximum absolute atomic E-state index is 11.2. The van der Waals surface area contributed by atoms with Crippen molar-refractivity contribution in [1.82, 2.24) is 0 Å². The van der Waals surface area contributed by atoms with Crippen LogP contribution in [0.15, 0.2) is 24.3 Å². The molecule has 0 fully saturated rings. The van der Waals surface area contributed by atoms with Crippen molar-refractivity contribution in [1.29, 1.82) is 0 Å². The Labute approximate surface area is 118 Å². The second kappa shape index (κ2) is 7.62. The Balaban J connectivity index is 2.79. The van der Waals surface area contributed by atoms with E-state index in [0.29, 0.717) is 0 Å². The van der Waals surface area contributed by atoms with Gasteiger partial charge in [-0.3, -0.25) is 9.59 Å². The highest BCUT2D eigenvalue weighted by Crippen LogP contribution is 2.21. The van der Waals surface area contributed by atoms with E-state index in [1.165, 1.54) is 14.2 Å². The van der Waals surface area contributed by atoms with Crippen LogP contribution in [0.2, 0.25) is 0 Å². The quantitative estimate of drug-likeness (QED) is 0.747. The lowest BCUT2D eigenvalue weighted by molar-refractivity contribution is -0.141. The molecule has 1 rings (SSSR count). The van der Waals surface area contributed by atoms with Gasteiger partial charge in [-0.05, 0) is 11.1 Å². The standard InChI is InChI=1S/C14H20N2O4/c1-19-13(17)7-11(15)9-4-3-5-10(6-9)12(16)8-14(18)20-2/h3-6,11-12H,7-8,15-16H2,1-2H3/t11-,12-/m1/s1. The van der Waals surface area contributed by atoms with Crippen LogP contribution >= 0.6 is 0 Å². The van der Waals surface area contributed by atoms with E-state index in [1.807, 2.05) is 12.1 Å². The SMILES string of the molecule is COC(=O)C[C@@H](N)c1cccc([C@H](N)CC(=O)OC)c1. The van der Waals surface area contributed by atoms with E-state index in [4.69, 9.17) is 11.5 Å². The Kier molecular flexibility index (Phi) is 6.14. The molecule has 20 heavy (non-hydrogen) atoms. The number of hydrogen-bond acceptors (Lipinski definition) is 6. The molecular weight excluding hydrogens is 260 g/mol. The van der Waals surface area contributed by atoms with Crippen molar-refractivity contribution >= 4 is 11.9 Å². The van der Waals surface area contributed by atoms with E-state index in [9.17, 15) is 9.59 Å². The third-order valence-electron chi connectivity index (χ3n) is 3.00. The van der Waals surface area contributed by atoms with Gasteiger partial charge >= 0.3 is 11.9 Å². The molecule has 2 atom stereocenters. The molecule has 110 valence electrons.